The van der Waals surface area contributed by atoms with E-state index in [-0.39, 0.29) is 36.9 Å². The first-order valence-corrected chi connectivity index (χ1v) is 12.5. The monoisotopic (exact) mass is 540 g/mol. The fourth-order valence-corrected chi connectivity index (χ4v) is 4.02. The topological polar surface area (TPSA) is 149 Å². The highest BCUT2D eigenvalue weighted by molar-refractivity contribution is 5.96. The van der Waals surface area contributed by atoms with Crippen LogP contribution in [0, 0.1) is 11.7 Å². The summed E-state index contributed by atoms with van der Waals surface area (Å²) < 4.78 is 15.8. The lowest BCUT2D eigenvalue weighted by molar-refractivity contribution is -0.123. The van der Waals surface area contributed by atoms with Crippen molar-refractivity contribution in [2.24, 2.45) is 5.92 Å². The molecule has 0 saturated carbocycles. The number of aromatic amines is 1. The maximum absolute atomic E-state index is 14.4. The first-order valence-electron chi connectivity index (χ1n) is 12.5. The average molecular weight is 541 g/mol. The van der Waals surface area contributed by atoms with Gasteiger partial charge in [-0.15, -0.1) is 0 Å². The number of nitrogens with zero attached hydrogens (tertiary/aromatic N) is 3. The number of fused-ring (bicyclic) bond motifs is 1. The number of carbonyl (C=O) groups is 3. The van der Waals surface area contributed by atoms with E-state index < -0.39 is 29.4 Å². The van der Waals surface area contributed by atoms with E-state index in [1.165, 1.54) is 27.8 Å². The third-order valence-corrected chi connectivity index (χ3v) is 5.93. The molecule has 39 heavy (non-hydrogen) atoms. The van der Waals surface area contributed by atoms with Gasteiger partial charge < -0.3 is 30.2 Å². The molecule has 0 aliphatic carbocycles. The SMILES string of the molecule is CC(C)Cc1c(F)cnc2cc(Cn3cccc(NC(=O)[C@H](CC/C=C/C(=O)N(C)C)NC(=O)O)c3=O)[nH]c12. The molecule has 3 rings (SSSR count). The highest BCUT2D eigenvalue weighted by Crippen LogP contribution is 2.23. The van der Waals surface area contributed by atoms with E-state index in [1.54, 1.807) is 38.5 Å². The Kier molecular flexibility index (Phi) is 9.58. The first-order chi connectivity index (χ1) is 18.5. The maximum Gasteiger partial charge on any atom is 0.405 e. The quantitative estimate of drug-likeness (QED) is 0.275. The van der Waals surface area contributed by atoms with Gasteiger partial charge in [0.2, 0.25) is 11.8 Å². The van der Waals surface area contributed by atoms with Crippen molar-refractivity contribution in [2.75, 3.05) is 19.4 Å². The van der Waals surface area contributed by atoms with Crippen LogP contribution in [0.4, 0.5) is 14.9 Å². The maximum atomic E-state index is 14.4. The number of H-pyrrole nitrogens is 1. The van der Waals surface area contributed by atoms with Gasteiger partial charge in [-0.3, -0.25) is 19.4 Å². The van der Waals surface area contributed by atoms with Gasteiger partial charge in [0.05, 0.1) is 23.8 Å². The highest BCUT2D eigenvalue weighted by Gasteiger charge is 2.21. The molecule has 0 unspecified atom stereocenters. The number of carboxylic acid groups (broad SMARTS) is 1. The zero-order valence-corrected chi connectivity index (χ0v) is 22.3. The summed E-state index contributed by atoms with van der Waals surface area (Å²) >= 11 is 0. The molecule has 0 aliphatic rings. The minimum atomic E-state index is -1.39. The molecule has 1 atom stereocenters. The number of nitrogens with one attached hydrogen (secondary N) is 3. The molecule has 0 saturated heterocycles. The van der Waals surface area contributed by atoms with Crippen LogP contribution in [0.2, 0.25) is 0 Å². The number of allylic oxidation sites excluding steroid dienone is 1. The molecule has 0 bridgehead atoms. The van der Waals surface area contributed by atoms with Crippen LogP contribution < -0.4 is 16.2 Å². The number of hydrogen-bond donors (Lipinski definition) is 4. The van der Waals surface area contributed by atoms with Gasteiger partial charge in [-0.1, -0.05) is 19.9 Å². The van der Waals surface area contributed by atoms with Crippen LogP contribution in [0.3, 0.4) is 0 Å². The molecular weight excluding hydrogens is 507 g/mol. The standard InChI is InChI=1S/C27H33FN6O5/c1-16(2)12-18-19(28)14-29-22-13-17(30-24(18)22)15-34-11-7-9-21(26(34)37)31-25(36)20(32-27(38)39)8-5-6-10-23(35)33(3)4/h6-7,9-11,13-14,16,20,30,32H,5,8,12,15H2,1-4H3,(H,31,36)(H,38,39)/b10-6+/t20-/m0/s1. The second-order valence-electron chi connectivity index (χ2n) is 9.80. The van der Waals surface area contributed by atoms with Crippen LogP contribution >= 0.6 is 0 Å². The number of likely N-dealkylation sites (N-methyl/N-ethyl adjacent to an activating group) is 1. The van der Waals surface area contributed by atoms with Crippen molar-refractivity contribution in [2.45, 2.75) is 45.7 Å². The molecule has 3 aromatic rings. The van der Waals surface area contributed by atoms with Gasteiger partial charge in [0.25, 0.3) is 5.56 Å². The number of pyridine rings is 2. The van der Waals surface area contributed by atoms with Crippen LogP contribution in [0.25, 0.3) is 11.0 Å². The molecule has 3 heterocycles. The van der Waals surface area contributed by atoms with E-state index in [0.29, 0.717) is 28.7 Å². The van der Waals surface area contributed by atoms with Crippen molar-refractivity contribution in [3.8, 4) is 0 Å². The zero-order chi connectivity index (χ0) is 28.7. The Morgan fingerprint density at radius 3 is 2.69 bits per heavy atom. The summed E-state index contributed by atoms with van der Waals surface area (Å²) in [6, 6.07) is 3.60. The number of rotatable bonds is 11. The summed E-state index contributed by atoms with van der Waals surface area (Å²) in [5.41, 5.74) is 1.80. The Bertz CT molecular complexity index is 1440. The molecular formula is C27H33FN6O5. The van der Waals surface area contributed by atoms with E-state index in [4.69, 9.17) is 5.11 Å². The van der Waals surface area contributed by atoms with Crippen LogP contribution in [0.5, 0.6) is 0 Å². The van der Waals surface area contributed by atoms with E-state index in [0.717, 1.165) is 0 Å². The number of carbonyl (C=O) groups excluding carboxylic acids is 2. The minimum Gasteiger partial charge on any atom is -0.465 e. The third-order valence-electron chi connectivity index (χ3n) is 5.93. The van der Waals surface area contributed by atoms with Crippen molar-refractivity contribution >= 4 is 34.6 Å². The lowest BCUT2D eigenvalue weighted by Gasteiger charge is -2.16. The zero-order valence-electron chi connectivity index (χ0n) is 22.3. The predicted octanol–water partition coefficient (Wildman–Crippen LogP) is 3.11. The predicted molar refractivity (Wildman–Crippen MR) is 145 cm³/mol. The average Bonchev–Trinajstić information content (AvgIpc) is 3.27. The van der Waals surface area contributed by atoms with Gasteiger partial charge in [0.15, 0.2) is 0 Å². The normalized spacial score (nSPS) is 12.2. The van der Waals surface area contributed by atoms with Gasteiger partial charge in [-0.2, -0.15) is 0 Å². The molecule has 0 spiro atoms. The summed E-state index contributed by atoms with van der Waals surface area (Å²) in [7, 11) is 3.20. The smallest absolute Gasteiger partial charge is 0.405 e. The molecule has 4 N–H and O–H groups in total. The van der Waals surface area contributed by atoms with Crippen LogP contribution in [0.1, 0.15) is 37.9 Å². The fraction of sp³-hybridized carbons (Fsp3) is 0.370. The summed E-state index contributed by atoms with van der Waals surface area (Å²) in [5.74, 6) is -1.10. The van der Waals surface area contributed by atoms with Gasteiger partial charge in [-0.25, -0.2) is 9.18 Å². The summed E-state index contributed by atoms with van der Waals surface area (Å²) in [6.07, 6.45) is 5.09. The molecule has 0 radical (unpaired) electrons. The van der Waals surface area contributed by atoms with Gasteiger partial charge >= 0.3 is 6.09 Å². The fourth-order valence-electron chi connectivity index (χ4n) is 4.02. The van der Waals surface area contributed by atoms with E-state index in [2.05, 4.69) is 20.6 Å². The Labute approximate surface area is 224 Å². The molecule has 208 valence electrons. The van der Waals surface area contributed by atoms with Crippen molar-refractivity contribution in [1.82, 2.24) is 24.8 Å². The summed E-state index contributed by atoms with van der Waals surface area (Å²) in [5, 5.41) is 13.8. The lowest BCUT2D eigenvalue weighted by atomic mass is 10.0. The number of aromatic nitrogens is 3. The van der Waals surface area contributed by atoms with Crippen LogP contribution in [-0.2, 0) is 22.6 Å². The number of amides is 3. The van der Waals surface area contributed by atoms with E-state index >= 15 is 0 Å². The van der Waals surface area contributed by atoms with Gasteiger partial charge in [0.1, 0.15) is 17.5 Å². The van der Waals surface area contributed by atoms with Crippen molar-refractivity contribution in [3.05, 3.63) is 70.2 Å². The van der Waals surface area contributed by atoms with E-state index in [1.807, 2.05) is 13.8 Å². The molecule has 0 fully saturated rings. The van der Waals surface area contributed by atoms with Crippen LogP contribution in [0.15, 0.2) is 47.5 Å². The second-order valence-corrected chi connectivity index (χ2v) is 9.80. The Hall–Kier alpha value is -4.48. The second kappa shape index (κ2) is 12.9. The highest BCUT2D eigenvalue weighted by atomic mass is 19.1. The molecule has 11 nitrogen and oxygen atoms in total. The molecule has 3 amide bonds. The van der Waals surface area contributed by atoms with Crippen molar-refractivity contribution in [1.29, 1.82) is 0 Å². The van der Waals surface area contributed by atoms with Gasteiger partial charge in [-0.05, 0) is 49.5 Å². The number of hydrogen-bond acceptors (Lipinski definition) is 5. The molecule has 12 heteroatoms. The lowest BCUT2D eigenvalue weighted by Crippen LogP contribution is -2.44. The number of halogens is 1. The Morgan fingerprint density at radius 1 is 1.28 bits per heavy atom. The Morgan fingerprint density at radius 2 is 2.03 bits per heavy atom. The minimum absolute atomic E-state index is 0.0289. The molecule has 3 aromatic heterocycles. The summed E-state index contributed by atoms with van der Waals surface area (Å²) in [4.78, 5) is 57.5. The molecule has 0 aliphatic heterocycles. The molecule has 0 aromatic carbocycles. The van der Waals surface area contributed by atoms with Gasteiger partial charge in [0, 0.05) is 31.5 Å². The number of anilines is 1. The largest absolute Gasteiger partial charge is 0.465 e. The first kappa shape index (κ1) is 29.1. The third kappa shape index (κ3) is 7.76. The van der Waals surface area contributed by atoms with Crippen molar-refractivity contribution in [3.63, 3.8) is 0 Å². The van der Waals surface area contributed by atoms with Crippen molar-refractivity contribution < 1.29 is 23.9 Å². The van der Waals surface area contributed by atoms with Crippen LogP contribution in [-0.4, -0.2) is 62.6 Å². The van der Waals surface area contributed by atoms with E-state index in [9.17, 15) is 23.6 Å². The Balaban J connectivity index is 1.77. The summed E-state index contributed by atoms with van der Waals surface area (Å²) in [6.45, 7) is 4.10.